The van der Waals surface area contributed by atoms with E-state index in [4.69, 9.17) is 0 Å². The highest BCUT2D eigenvalue weighted by atomic mass is 14.9. The van der Waals surface area contributed by atoms with Crippen LogP contribution in [0, 0.1) is 13.8 Å². The molecular formula is C18H27N. The predicted molar refractivity (Wildman–Crippen MR) is 83.5 cm³/mol. The van der Waals surface area contributed by atoms with Crippen molar-refractivity contribution in [2.75, 3.05) is 6.54 Å². The van der Waals surface area contributed by atoms with Crippen molar-refractivity contribution >= 4 is 0 Å². The van der Waals surface area contributed by atoms with Gasteiger partial charge in [0.1, 0.15) is 0 Å². The Balaban J connectivity index is 1.83. The highest BCUT2D eigenvalue weighted by Crippen LogP contribution is 2.21. The van der Waals surface area contributed by atoms with Gasteiger partial charge in [0.25, 0.3) is 0 Å². The fourth-order valence-corrected chi connectivity index (χ4v) is 3.00. The molecule has 0 aliphatic heterocycles. The molecule has 104 valence electrons. The fraction of sp³-hybridized carbons (Fsp3) is 0.556. The second-order valence-electron chi connectivity index (χ2n) is 5.89. The molecule has 0 bridgehead atoms. The van der Waals surface area contributed by atoms with E-state index in [2.05, 4.69) is 50.4 Å². The largest absolute Gasteiger partial charge is 0.310 e. The lowest BCUT2D eigenvalue weighted by atomic mass is 9.96. The first-order chi connectivity index (χ1) is 9.16. The van der Waals surface area contributed by atoms with E-state index in [0.717, 1.165) is 6.54 Å². The zero-order chi connectivity index (χ0) is 13.7. The number of aryl methyl sites for hydroxylation is 2. The van der Waals surface area contributed by atoms with Crippen molar-refractivity contribution in [1.29, 1.82) is 0 Å². The lowest BCUT2D eigenvalue weighted by molar-refractivity contribution is 0.560. The maximum absolute atomic E-state index is 3.67. The van der Waals surface area contributed by atoms with Gasteiger partial charge in [-0.2, -0.15) is 0 Å². The molecule has 1 unspecified atom stereocenters. The Morgan fingerprint density at radius 2 is 2.05 bits per heavy atom. The van der Waals surface area contributed by atoms with E-state index in [1.54, 1.807) is 5.57 Å². The van der Waals surface area contributed by atoms with Crippen LogP contribution in [0.3, 0.4) is 0 Å². The molecule has 0 radical (unpaired) electrons. The van der Waals surface area contributed by atoms with E-state index in [1.165, 1.54) is 48.8 Å². The second kappa shape index (κ2) is 6.91. The smallest absolute Gasteiger partial charge is 0.0294 e. The molecule has 0 amide bonds. The van der Waals surface area contributed by atoms with Gasteiger partial charge >= 0.3 is 0 Å². The summed E-state index contributed by atoms with van der Waals surface area (Å²) < 4.78 is 0. The first-order valence-corrected chi connectivity index (χ1v) is 7.65. The topological polar surface area (TPSA) is 12.0 Å². The number of rotatable bonds is 5. The number of hydrogen-bond donors (Lipinski definition) is 1. The third-order valence-corrected chi connectivity index (χ3v) is 4.17. The molecular weight excluding hydrogens is 230 g/mol. The molecule has 0 heterocycles. The van der Waals surface area contributed by atoms with Crippen LogP contribution in [0.4, 0.5) is 0 Å². The van der Waals surface area contributed by atoms with Gasteiger partial charge in [-0.1, -0.05) is 35.4 Å². The highest BCUT2D eigenvalue weighted by molar-refractivity contribution is 5.32. The predicted octanol–water partition coefficient (Wildman–Crippen LogP) is 4.84. The van der Waals surface area contributed by atoms with Crippen LogP contribution < -0.4 is 5.32 Å². The Hall–Kier alpha value is -1.08. The van der Waals surface area contributed by atoms with Gasteiger partial charge in [0.05, 0.1) is 0 Å². The molecule has 0 saturated heterocycles. The average molecular weight is 257 g/mol. The van der Waals surface area contributed by atoms with Gasteiger partial charge in [-0.3, -0.25) is 0 Å². The van der Waals surface area contributed by atoms with Gasteiger partial charge in [-0.15, -0.1) is 0 Å². The van der Waals surface area contributed by atoms with Gasteiger partial charge in [0, 0.05) is 6.04 Å². The van der Waals surface area contributed by atoms with Crippen LogP contribution in [0.5, 0.6) is 0 Å². The molecule has 0 fully saturated rings. The Kier molecular flexibility index (Phi) is 5.21. The van der Waals surface area contributed by atoms with Gasteiger partial charge in [-0.25, -0.2) is 0 Å². The number of benzene rings is 1. The zero-order valence-corrected chi connectivity index (χ0v) is 12.6. The zero-order valence-electron chi connectivity index (χ0n) is 12.6. The molecule has 2 rings (SSSR count). The summed E-state index contributed by atoms with van der Waals surface area (Å²) in [5.41, 5.74) is 5.84. The summed E-state index contributed by atoms with van der Waals surface area (Å²) in [5.74, 6) is 0. The third kappa shape index (κ3) is 4.21. The van der Waals surface area contributed by atoms with Crippen LogP contribution >= 0.6 is 0 Å². The average Bonchev–Trinajstić information content (AvgIpc) is 2.39. The van der Waals surface area contributed by atoms with Crippen LogP contribution in [0.2, 0.25) is 0 Å². The Morgan fingerprint density at radius 3 is 2.74 bits per heavy atom. The molecule has 1 aliphatic carbocycles. The third-order valence-electron chi connectivity index (χ3n) is 4.17. The molecule has 1 aromatic rings. The van der Waals surface area contributed by atoms with Gasteiger partial charge in [0.2, 0.25) is 0 Å². The number of nitrogens with one attached hydrogen (secondary N) is 1. The van der Waals surface area contributed by atoms with Crippen molar-refractivity contribution < 1.29 is 0 Å². The van der Waals surface area contributed by atoms with E-state index in [0.29, 0.717) is 6.04 Å². The van der Waals surface area contributed by atoms with Crippen LogP contribution in [-0.4, -0.2) is 6.54 Å². The fourth-order valence-electron chi connectivity index (χ4n) is 3.00. The first kappa shape index (κ1) is 14.3. The Morgan fingerprint density at radius 1 is 1.21 bits per heavy atom. The molecule has 0 saturated carbocycles. The molecule has 1 aliphatic rings. The minimum atomic E-state index is 0.449. The monoisotopic (exact) mass is 257 g/mol. The summed E-state index contributed by atoms with van der Waals surface area (Å²) in [5, 5.41) is 3.67. The van der Waals surface area contributed by atoms with Crippen molar-refractivity contribution in [3.63, 3.8) is 0 Å². The molecule has 1 heteroatoms. The summed E-state index contributed by atoms with van der Waals surface area (Å²) >= 11 is 0. The Labute approximate surface area is 118 Å². The first-order valence-electron chi connectivity index (χ1n) is 7.65. The van der Waals surface area contributed by atoms with E-state index in [1.807, 2.05) is 0 Å². The maximum atomic E-state index is 3.67. The minimum absolute atomic E-state index is 0.449. The summed E-state index contributed by atoms with van der Waals surface area (Å²) in [6, 6.07) is 7.20. The van der Waals surface area contributed by atoms with Gasteiger partial charge < -0.3 is 5.32 Å². The lowest BCUT2D eigenvalue weighted by Gasteiger charge is -2.18. The standard InChI is InChI=1S/C18H27N/c1-14-9-10-18(15(2)13-14)16(3)19-12-11-17-7-5-4-6-8-17/h7,9-10,13,16,19H,4-6,8,11-12H2,1-3H3. The summed E-state index contributed by atoms with van der Waals surface area (Å²) in [6.45, 7) is 7.74. The van der Waals surface area contributed by atoms with E-state index >= 15 is 0 Å². The van der Waals surface area contributed by atoms with Gasteiger partial charge in [0.15, 0.2) is 0 Å². The molecule has 0 spiro atoms. The SMILES string of the molecule is Cc1ccc(C(C)NCCC2=CCCCC2)c(C)c1. The molecule has 19 heavy (non-hydrogen) atoms. The molecule has 1 N–H and O–H groups in total. The Bertz CT molecular complexity index is 445. The van der Waals surface area contributed by atoms with Crippen molar-refractivity contribution in [2.45, 2.75) is 58.9 Å². The summed E-state index contributed by atoms with van der Waals surface area (Å²) in [7, 11) is 0. The summed E-state index contributed by atoms with van der Waals surface area (Å²) in [6.07, 6.45) is 9.05. The van der Waals surface area contributed by atoms with Crippen molar-refractivity contribution in [3.8, 4) is 0 Å². The van der Waals surface area contributed by atoms with E-state index < -0.39 is 0 Å². The van der Waals surface area contributed by atoms with Crippen molar-refractivity contribution in [2.24, 2.45) is 0 Å². The lowest BCUT2D eigenvalue weighted by Crippen LogP contribution is -2.21. The normalized spacial score (nSPS) is 17.1. The van der Waals surface area contributed by atoms with Crippen LogP contribution in [0.25, 0.3) is 0 Å². The van der Waals surface area contributed by atoms with E-state index in [-0.39, 0.29) is 0 Å². The summed E-state index contributed by atoms with van der Waals surface area (Å²) in [4.78, 5) is 0. The maximum Gasteiger partial charge on any atom is 0.0294 e. The van der Waals surface area contributed by atoms with Crippen molar-refractivity contribution in [1.82, 2.24) is 5.32 Å². The quantitative estimate of drug-likeness (QED) is 0.744. The molecule has 1 nitrogen and oxygen atoms in total. The second-order valence-corrected chi connectivity index (χ2v) is 5.89. The molecule has 0 aromatic heterocycles. The molecule has 1 atom stereocenters. The minimum Gasteiger partial charge on any atom is -0.310 e. The van der Waals surface area contributed by atoms with Crippen LogP contribution in [-0.2, 0) is 0 Å². The van der Waals surface area contributed by atoms with Crippen LogP contribution in [0.15, 0.2) is 29.8 Å². The van der Waals surface area contributed by atoms with E-state index in [9.17, 15) is 0 Å². The highest BCUT2D eigenvalue weighted by Gasteiger charge is 2.08. The van der Waals surface area contributed by atoms with Crippen LogP contribution in [0.1, 0.15) is 61.8 Å². The number of hydrogen-bond acceptors (Lipinski definition) is 1. The van der Waals surface area contributed by atoms with Crippen molar-refractivity contribution in [3.05, 3.63) is 46.5 Å². The number of allylic oxidation sites excluding steroid dienone is 1. The molecule has 1 aromatic carbocycles. The van der Waals surface area contributed by atoms with Gasteiger partial charge in [-0.05, 0) is 70.5 Å².